The molecule has 0 spiro atoms. The fourth-order valence-electron chi connectivity index (χ4n) is 3.03. The van der Waals surface area contributed by atoms with E-state index in [4.69, 9.17) is 11.6 Å². The van der Waals surface area contributed by atoms with Crippen LogP contribution in [0.2, 0.25) is 5.02 Å². The van der Waals surface area contributed by atoms with Gasteiger partial charge in [-0.25, -0.2) is 8.42 Å². The van der Waals surface area contributed by atoms with E-state index in [2.05, 4.69) is 21.2 Å². The molecular formula is C23H22BrClN2O3S. The summed E-state index contributed by atoms with van der Waals surface area (Å²) in [5.74, 6) is -0.431. The predicted octanol–water partition coefficient (Wildman–Crippen LogP) is 5.28. The number of carbonyl (C=O) groups excluding carboxylic acids is 1. The van der Waals surface area contributed by atoms with Gasteiger partial charge in [0.25, 0.3) is 0 Å². The number of hydrogen-bond donors (Lipinski definition) is 1. The lowest BCUT2D eigenvalue weighted by molar-refractivity contribution is -0.116. The van der Waals surface area contributed by atoms with E-state index in [1.54, 1.807) is 37.3 Å². The monoisotopic (exact) mass is 520 g/mol. The Balaban J connectivity index is 1.83. The summed E-state index contributed by atoms with van der Waals surface area (Å²) in [4.78, 5) is 12.9. The van der Waals surface area contributed by atoms with Crippen molar-refractivity contribution < 1.29 is 13.2 Å². The normalized spacial score (nSPS) is 11.5. The number of nitrogens with zero attached hydrogens (tertiary/aromatic N) is 1. The minimum atomic E-state index is -3.87. The van der Waals surface area contributed by atoms with Crippen molar-refractivity contribution in [2.75, 3.05) is 18.4 Å². The van der Waals surface area contributed by atoms with E-state index in [1.165, 1.54) is 16.4 Å². The first-order chi connectivity index (χ1) is 14.8. The highest BCUT2D eigenvalue weighted by Gasteiger charge is 2.26. The Morgan fingerprint density at radius 1 is 1.00 bits per heavy atom. The Labute approximate surface area is 196 Å². The van der Waals surface area contributed by atoms with E-state index in [-0.39, 0.29) is 18.0 Å². The topological polar surface area (TPSA) is 66.5 Å². The second-order valence-corrected chi connectivity index (χ2v) is 10.2. The number of anilines is 1. The molecule has 3 rings (SSSR count). The number of rotatable bonds is 8. The first-order valence-electron chi connectivity index (χ1n) is 9.62. The molecule has 0 saturated heterocycles. The van der Waals surface area contributed by atoms with E-state index in [0.717, 1.165) is 15.6 Å². The van der Waals surface area contributed by atoms with Crippen LogP contribution in [0.4, 0.5) is 5.69 Å². The van der Waals surface area contributed by atoms with Gasteiger partial charge in [-0.2, -0.15) is 4.31 Å². The van der Waals surface area contributed by atoms with Crippen LogP contribution in [-0.4, -0.2) is 31.7 Å². The SMILES string of the molecule is Cc1c(Cl)cccc1NC(=O)CN(CCc1ccccc1)S(=O)(=O)c1ccc(Br)cc1. The molecule has 0 unspecified atom stereocenters. The molecule has 5 nitrogen and oxygen atoms in total. The maximum Gasteiger partial charge on any atom is 0.243 e. The van der Waals surface area contributed by atoms with Gasteiger partial charge in [0.15, 0.2) is 0 Å². The largest absolute Gasteiger partial charge is 0.325 e. The Kier molecular flexibility index (Phi) is 7.89. The fourth-order valence-corrected chi connectivity index (χ4v) is 4.87. The molecule has 0 bridgehead atoms. The molecule has 8 heteroatoms. The molecular weight excluding hydrogens is 500 g/mol. The van der Waals surface area contributed by atoms with Crippen molar-refractivity contribution in [1.82, 2.24) is 4.31 Å². The highest BCUT2D eigenvalue weighted by Crippen LogP contribution is 2.23. The number of halogens is 2. The first kappa shape index (κ1) is 23.5. The van der Waals surface area contributed by atoms with Crippen molar-refractivity contribution in [1.29, 1.82) is 0 Å². The van der Waals surface area contributed by atoms with Crippen LogP contribution in [0.1, 0.15) is 11.1 Å². The van der Waals surface area contributed by atoms with Crippen molar-refractivity contribution in [2.24, 2.45) is 0 Å². The van der Waals surface area contributed by atoms with E-state index in [0.29, 0.717) is 17.1 Å². The Hall–Kier alpha value is -2.19. The molecule has 0 saturated carbocycles. The zero-order chi connectivity index (χ0) is 22.4. The van der Waals surface area contributed by atoms with Crippen LogP contribution in [0.5, 0.6) is 0 Å². The van der Waals surface area contributed by atoms with Gasteiger partial charge in [-0.1, -0.05) is 63.9 Å². The van der Waals surface area contributed by atoms with Crippen LogP contribution in [0.3, 0.4) is 0 Å². The molecule has 0 heterocycles. The van der Waals surface area contributed by atoms with Crippen molar-refractivity contribution in [3.63, 3.8) is 0 Å². The van der Waals surface area contributed by atoms with Gasteiger partial charge in [0.2, 0.25) is 15.9 Å². The molecule has 0 fully saturated rings. The highest BCUT2D eigenvalue weighted by atomic mass is 79.9. The third kappa shape index (κ3) is 6.17. The van der Waals surface area contributed by atoms with Crippen LogP contribution in [0.15, 0.2) is 82.2 Å². The van der Waals surface area contributed by atoms with Crippen LogP contribution < -0.4 is 5.32 Å². The molecule has 31 heavy (non-hydrogen) atoms. The molecule has 3 aromatic carbocycles. The summed E-state index contributed by atoms with van der Waals surface area (Å²) in [6, 6.07) is 21.1. The van der Waals surface area contributed by atoms with Crippen LogP contribution >= 0.6 is 27.5 Å². The van der Waals surface area contributed by atoms with Gasteiger partial charge >= 0.3 is 0 Å². The van der Waals surface area contributed by atoms with E-state index in [1.807, 2.05) is 30.3 Å². The lowest BCUT2D eigenvalue weighted by atomic mass is 10.1. The second kappa shape index (κ2) is 10.4. The minimum absolute atomic E-state index is 0.135. The van der Waals surface area contributed by atoms with Crippen molar-refractivity contribution in [3.8, 4) is 0 Å². The van der Waals surface area contributed by atoms with Gasteiger partial charge in [-0.05, 0) is 60.9 Å². The summed E-state index contributed by atoms with van der Waals surface area (Å²) in [7, 11) is -3.87. The number of nitrogens with one attached hydrogen (secondary N) is 1. The third-order valence-electron chi connectivity index (χ3n) is 4.81. The average Bonchev–Trinajstić information content (AvgIpc) is 2.75. The summed E-state index contributed by atoms with van der Waals surface area (Å²) in [5.41, 5.74) is 2.27. The maximum absolute atomic E-state index is 13.3. The van der Waals surface area contributed by atoms with Gasteiger partial charge in [-0.15, -0.1) is 0 Å². The molecule has 162 valence electrons. The molecule has 0 aliphatic carbocycles. The summed E-state index contributed by atoms with van der Waals surface area (Å²) in [6.07, 6.45) is 0.486. The molecule has 0 aromatic heterocycles. The molecule has 0 aliphatic rings. The first-order valence-corrected chi connectivity index (χ1v) is 12.2. The standard InChI is InChI=1S/C23H22BrClN2O3S/c1-17-21(25)8-5-9-22(17)26-23(28)16-27(15-14-18-6-3-2-4-7-18)31(29,30)20-12-10-19(24)11-13-20/h2-13H,14-16H2,1H3,(H,26,28). The minimum Gasteiger partial charge on any atom is -0.325 e. The van der Waals surface area contributed by atoms with Crippen molar-refractivity contribution in [2.45, 2.75) is 18.2 Å². The van der Waals surface area contributed by atoms with Crippen LogP contribution in [-0.2, 0) is 21.2 Å². The Morgan fingerprint density at radius 2 is 1.68 bits per heavy atom. The molecule has 0 aliphatic heterocycles. The van der Waals surface area contributed by atoms with Crippen LogP contribution in [0.25, 0.3) is 0 Å². The lowest BCUT2D eigenvalue weighted by Gasteiger charge is -2.22. The van der Waals surface area contributed by atoms with Gasteiger partial charge < -0.3 is 5.32 Å². The molecule has 1 N–H and O–H groups in total. The fraction of sp³-hybridized carbons (Fsp3) is 0.174. The van der Waals surface area contributed by atoms with Gasteiger partial charge in [0.1, 0.15) is 0 Å². The summed E-state index contributed by atoms with van der Waals surface area (Å²) < 4.78 is 28.5. The number of hydrogen-bond acceptors (Lipinski definition) is 3. The smallest absolute Gasteiger partial charge is 0.243 e. The molecule has 0 atom stereocenters. The molecule has 3 aromatic rings. The summed E-state index contributed by atoms with van der Waals surface area (Å²) >= 11 is 9.44. The van der Waals surface area contributed by atoms with Gasteiger partial charge in [0.05, 0.1) is 11.4 Å². The Morgan fingerprint density at radius 3 is 2.35 bits per heavy atom. The molecule has 1 amide bonds. The Bertz CT molecular complexity index is 1150. The van der Waals surface area contributed by atoms with Gasteiger partial charge in [-0.3, -0.25) is 4.79 Å². The average molecular weight is 522 g/mol. The van der Waals surface area contributed by atoms with Gasteiger partial charge in [0, 0.05) is 21.7 Å². The van der Waals surface area contributed by atoms with E-state index < -0.39 is 15.9 Å². The number of amides is 1. The predicted molar refractivity (Wildman–Crippen MR) is 128 cm³/mol. The zero-order valence-corrected chi connectivity index (χ0v) is 20.0. The number of carbonyl (C=O) groups is 1. The quantitative estimate of drug-likeness (QED) is 0.438. The summed E-state index contributed by atoms with van der Waals surface area (Å²) in [5, 5.41) is 3.30. The maximum atomic E-state index is 13.3. The van der Waals surface area contributed by atoms with Crippen molar-refractivity contribution >= 4 is 49.1 Å². The highest BCUT2D eigenvalue weighted by molar-refractivity contribution is 9.10. The zero-order valence-electron chi connectivity index (χ0n) is 16.9. The number of benzene rings is 3. The van der Waals surface area contributed by atoms with Crippen molar-refractivity contribution in [3.05, 3.63) is 93.4 Å². The summed E-state index contributed by atoms with van der Waals surface area (Å²) in [6.45, 7) is 1.66. The number of sulfonamides is 1. The lowest BCUT2D eigenvalue weighted by Crippen LogP contribution is -2.39. The van der Waals surface area contributed by atoms with E-state index in [9.17, 15) is 13.2 Å². The second-order valence-electron chi connectivity index (χ2n) is 6.99. The third-order valence-corrected chi connectivity index (χ3v) is 7.60. The van der Waals surface area contributed by atoms with E-state index >= 15 is 0 Å². The molecule has 0 radical (unpaired) electrons. The van der Waals surface area contributed by atoms with Crippen LogP contribution in [0, 0.1) is 6.92 Å².